The highest BCUT2D eigenvalue weighted by atomic mass is 32.1. The summed E-state index contributed by atoms with van der Waals surface area (Å²) in [6.45, 7) is 0.192. The number of rotatable bonds is 8. The number of fused-ring (bicyclic) bond motifs is 1. The number of aliphatic carboxylic acids is 1. The molecule has 1 aliphatic rings. The van der Waals surface area contributed by atoms with Crippen molar-refractivity contribution in [1.29, 1.82) is 0 Å². The molecule has 184 valence electrons. The van der Waals surface area contributed by atoms with E-state index in [0.717, 1.165) is 17.4 Å². The molecule has 0 radical (unpaired) electrons. The van der Waals surface area contributed by atoms with Gasteiger partial charge in [-0.05, 0) is 55.3 Å². The van der Waals surface area contributed by atoms with Crippen molar-refractivity contribution in [3.05, 3.63) is 64.5 Å². The fourth-order valence-corrected chi connectivity index (χ4v) is 5.03. The Labute approximate surface area is 204 Å². The minimum Gasteiger partial charge on any atom is -0.490 e. The Morgan fingerprint density at radius 2 is 1.66 bits per heavy atom. The molecule has 2 amide bonds. The molecule has 0 unspecified atom stereocenters. The van der Waals surface area contributed by atoms with Crippen molar-refractivity contribution < 1.29 is 33.0 Å². The van der Waals surface area contributed by atoms with Crippen LogP contribution in [0.15, 0.2) is 42.5 Å². The fourth-order valence-electron chi connectivity index (χ4n) is 4.05. The molecule has 3 N–H and O–H groups in total. The van der Waals surface area contributed by atoms with Crippen molar-refractivity contribution in [2.45, 2.75) is 31.8 Å². The van der Waals surface area contributed by atoms with Gasteiger partial charge in [0.1, 0.15) is 17.4 Å². The second kappa shape index (κ2) is 10.8. The summed E-state index contributed by atoms with van der Waals surface area (Å²) in [7, 11) is 0. The summed E-state index contributed by atoms with van der Waals surface area (Å²) < 4.78 is 34.5. The lowest BCUT2D eigenvalue weighted by Gasteiger charge is -2.26. The predicted octanol–water partition coefficient (Wildman–Crippen LogP) is 4.36. The van der Waals surface area contributed by atoms with E-state index in [1.54, 1.807) is 18.2 Å². The van der Waals surface area contributed by atoms with Crippen LogP contribution < -0.4 is 15.4 Å². The van der Waals surface area contributed by atoms with Gasteiger partial charge in [-0.1, -0.05) is 12.1 Å². The molecule has 1 aliphatic carbocycles. The number of carbonyl (C=O) groups is 3. The van der Waals surface area contributed by atoms with Crippen molar-refractivity contribution >= 4 is 39.2 Å². The number of carboxylic acids is 1. The Kier molecular flexibility index (Phi) is 7.60. The van der Waals surface area contributed by atoms with Gasteiger partial charge >= 0.3 is 5.97 Å². The number of amides is 2. The molecule has 1 fully saturated rings. The zero-order valence-corrected chi connectivity index (χ0v) is 19.5. The number of carbonyl (C=O) groups excluding carboxylic acids is 2. The number of nitrogens with one attached hydrogen (secondary N) is 2. The third kappa shape index (κ3) is 5.94. The van der Waals surface area contributed by atoms with Crippen molar-refractivity contribution in [3.8, 4) is 5.75 Å². The molecule has 0 aliphatic heterocycles. The Hall–Kier alpha value is -3.53. The van der Waals surface area contributed by atoms with E-state index in [1.807, 2.05) is 0 Å². The molecule has 4 rings (SSSR count). The smallest absolute Gasteiger partial charge is 0.306 e. The van der Waals surface area contributed by atoms with E-state index in [2.05, 4.69) is 10.6 Å². The largest absolute Gasteiger partial charge is 0.490 e. The quantitative estimate of drug-likeness (QED) is 0.397. The molecule has 3 aromatic rings. The molecule has 0 bridgehead atoms. The van der Waals surface area contributed by atoms with Gasteiger partial charge in [-0.25, -0.2) is 8.78 Å². The van der Waals surface area contributed by atoms with E-state index in [4.69, 9.17) is 9.84 Å². The topological polar surface area (TPSA) is 105 Å². The molecule has 1 heterocycles. The maximum atomic E-state index is 14.5. The van der Waals surface area contributed by atoms with Gasteiger partial charge in [0.2, 0.25) is 0 Å². The van der Waals surface area contributed by atoms with Crippen molar-refractivity contribution in [1.82, 2.24) is 10.6 Å². The van der Waals surface area contributed by atoms with Gasteiger partial charge in [0.25, 0.3) is 11.8 Å². The van der Waals surface area contributed by atoms with Crippen LogP contribution in [0.2, 0.25) is 0 Å². The molecular formula is C25H24F2N2O5S. The van der Waals surface area contributed by atoms with Crippen LogP contribution in [-0.4, -0.2) is 42.1 Å². The lowest BCUT2D eigenvalue weighted by atomic mass is 9.87. The fraction of sp³-hybridized carbons (Fsp3) is 0.320. The molecule has 2 aromatic carbocycles. The highest BCUT2D eigenvalue weighted by Crippen LogP contribution is 2.29. The zero-order chi connectivity index (χ0) is 24.9. The summed E-state index contributed by atoms with van der Waals surface area (Å²) in [5.74, 6) is -3.03. The van der Waals surface area contributed by atoms with Crippen LogP contribution in [0.25, 0.3) is 10.1 Å². The maximum Gasteiger partial charge on any atom is 0.306 e. The van der Waals surface area contributed by atoms with Crippen LogP contribution in [0.5, 0.6) is 5.75 Å². The monoisotopic (exact) mass is 502 g/mol. The Balaban J connectivity index is 1.24. The standard InChI is InChI=1S/C25H24F2N2O5S/c26-19-3-1-2-15-12-21(35-22(15)19)24(31)29-11-10-28-23(30)18-9-8-17(13-20(18)27)34-16-6-4-14(5-7-16)25(32)33/h1-3,8-9,12-14,16H,4-7,10-11H2,(H,28,30)(H,29,31)(H,32,33). The van der Waals surface area contributed by atoms with Crippen LogP contribution in [0, 0.1) is 17.6 Å². The highest BCUT2D eigenvalue weighted by molar-refractivity contribution is 7.20. The molecule has 35 heavy (non-hydrogen) atoms. The van der Waals surface area contributed by atoms with Gasteiger partial charge in [-0.15, -0.1) is 11.3 Å². The van der Waals surface area contributed by atoms with Crippen LogP contribution in [0.4, 0.5) is 8.78 Å². The minimum absolute atomic E-state index is 0.0777. The molecule has 10 heteroatoms. The van der Waals surface area contributed by atoms with Gasteiger partial charge in [0, 0.05) is 19.2 Å². The van der Waals surface area contributed by atoms with Gasteiger partial charge < -0.3 is 20.5 Å². The number of carboxylic acid groups (broad SMARTS) is 1. The number of benzene rings is 2. The van der Waals surface area contributed by atoms with Gasteiger partial charge in [0.15, 0.2) is 0 Å². The maximum absolute atomic E-state index is 14.5. The Morgan fingerprint density at radius 3 is 2.31 bits per heavy atom. The summed E-state index contributed by atoms with van der Waals surface area (Å²) >= 11 is 1.05. The summed E-state index contributed by atoms with van der Waals surface area (Å²) in [4.78, 5) is 36.0. The van der Waals surface area contributed by atoms with Crippen molar-refractivity contribution in [2.75, 3.05) is 13.1 Å². The molecule has 1 saturated carbocycles. The van der Waals surface area contributed by atoms with Crippen molar-refractivity contribution in [3.63, 3.8) is 0 Å². The lowest BCUT2D eigenvalue weighted by Crippen LogP contribution is -2.34. The lowest BCUT2D eigenvalue weighted by molar-refractivity contribution is -0.143. The first-order valence-corrected chi connectivity index (χ1v) is 12.1. The second-order valence-corrected chi connectivity index (χ2v) is 9.40. The number of hydrogen-bond acceptors (Lipinski definition) is 5. The first-order valence-electron chi connectivity index (χ1n) is 11.3. The molecule has 0 atom stereocenters. The van der Waals surface area contributed by atoms with Gasteiger partial charge in [-0.3, -0.25) is 14.4 Å². The SMILES string of the molecule is O=C(NCCNC(=O)c1ccc(OC2CCC(C(=O)O)CC2)cc1F)c1cc2cccc(F)c2s1. The minimum atomic E-state index is -0.806. The Bertz CT molecular complexity index is 1250. The Morgan fingerprint density at radius 1 is 0.943 bits per heavy atom. The van der Waals surface area contributed by atoms with E-state index in [-0.39, 0.29) is 48.1 Å². The molecular weight excluding hydrogens is 478 g/mol. The average Bonchev–Trinajstić information content (AvgIpc) is 3.28. The van der Waals surface area contributed by atoms with Crippen LogP contribution in [-0.2, 0) is 4.79 Å². The summed E-state index contributed by atoms with van der Waals surface area (Å²) in [5, 5.41) is 14.9. The molecule has 7 nitrogen and oxygen atoms in total. The summed E-state index contributed by atoms with van der Waals surface area (Å²) in [6.07, 6.45) is 1.98. The second-order valence-electron chi connectivity index (χ2n) is 8.35. The highest BCUT2D eigenvalue weighted by Gasteiger charge is 2.27. The normalized spacial score (nSPS) is 17.7. The number of ether oxygens (including phenoxy) is 1. The van der Waals surface area contributed by atoms with E-state index in [9.17, 15) is 23.2 Å². The van der Waals surface area contributed by atoms with Crippen LogP contribution in [0.1, 0.15) is 45.7 Å². The number of hydrogen-bond donors (Lipinski definition) is 3. The number of thiophene rings is 1. The summed E-state index contributed by atoms with van der Waals surface area (Å²) in [6, 6.07) is 10.2. The molecule has 0 spiro atoms. The van der Waals surface area contributed by atoms with Crippen LogP contribution >= 0.6 is 11.3 Å². The molecule has 1 aromatic heterocycles. The predicted molar refractivity (Wildman–Crippen MR) is 127 cm³/mol. The van der Waals surface area contributed by atoms with Gasteiger partial charge in [0.05, 0.1) is 27.2 Å². The van der Waals surface area contributed by atoms with E-state index < -0.39 is 17.7 Å². The first kappa shape index (κ1) is 24.6. The van der Waals surface area contributed by atoms with E-state index >= 15 is 0 Å². The average molecular weight is 503 g/mol. The van der Waals surface area contributed by atoms with E-state index in [1.165, 1.54) is 18.2 Å². The van der Waals surface area contributed by atoms with Crippen molar-refractivity contribution in [2.24, 2.45) is 5.92 Å². The third-order valence-corrected chi connectivity index (χ3v) is 7.09. The third-order valence-electron chi connectivity index (χ3n) is 5.93. The van der Waals surface area contributed by atoms with Crippen LogP contribution in [0.3, 0.4) is 0 Å². The van der Waals surface area contributed by atoms with Gasteiger partial charge in [-0.2, -0.15) is 0 Å². The zero-order valence-electron chi connectivity index (χ0n) is 18.7. The summed E-state index contributed by atoms with van der Waals surface area (Å²) in [5.41, 5.74) is -0.154. The first-order chi connectivity index (χ1) is 16.8. The molecule has 0 saturated heterocycles. The van der Waals surface area contributed by atoms with E-state index in [0.29, 0.717) is 40.6 Å². The number of halogens is 2.